The lowest BCUT2D eigenvalue weighted by molar-refractivity contribution is 1.26. The standard InChI is InChI=1S/C10H9N.C2H6.CH5N/c1-8-6-7-9-4-2-3-5-10(9)11-8;2*1-2/h2-7H,1H3;1-2H3;2H2,1H3. The maximum absolute atomic E-state index is 4.50. The van der Waals surface area contributed by atoms with Crippen molar-refractivity contribution < 1.29 is 0 Å². The molecule has 0 amide bonds. The van der Waals surface area contributed by atoms with Gasteiger partial charge in [-0.3, -0.25) is 4.98 Å². The first-order chi connectivity index (χ1) is 7.36. The molecule has 0 saturated carbocycles. The number of nitrogens with zero attached hydrogens (tertiary/aromatic N) is 1. The van der Waals surface area contributed by atoms with E-state index in [4.69, 9.17) is 0 Å². The van der Waals surface area contributed by atoms with Crippen LogP contribution in [0.3, 0.4) is 0 Å². The largest absolute Gasteiger partial charge is 0.333 e. The number of aryl methyl sites for hydroxylation is 1. The highest BCUT2D eigenvalue weighted by Crippen LogP contribution is 2.10. The molecule has 1 heterocycles. The van der Waals surface area contributed by atoms with E-state index < -0.39 is 0 Å². The van der Waals surface area contributed by atoms with Crippen LogP contribution < -0.4 is 5.73 Å². The molecule has 1 aromatic carbocycles. The summed E-state index contributed by atoms with van der Waals surface area (Å²) in [6.45, 7) is 6.01. The van der Waals surface area contributed by atoms with Gasteiger partial charge in [-0.05, 0) is 26.1 Å². The normalized spacial score (nSPS) is 8.33. The summed E-state index contributed by atoms with van der Waals surface area (Å²) in [7, 11) is 1.50. The molecule has 2 nitrogen and oxygen atoms in total. The van der Waals surface area contributed by atoms with Gasteiger partial charge in [-0.2, -0.15) is 0 Å². The molecule has 0 aliphatic carbocycles. The molecular formula is C13H20N2. The minimum Gasteiger partial charge on any atom is -0.333 e. The van der Waals surface area contributed by atoms with Gasteiger partial charge in [0.25, 0.3) is 0 Å². The smallest absolute Gasteiger partial charge is 0.0705 e. The summed E-state index contributed by atoms with van der Waals surface area (Å²) in [4.78, 5) is 4.38. The Kier molecular flexibility index (Phi) is 7.20. The van der Waals surface area contributed by atoms with Crippen LogP contribution in [0.25, 0.3) is 10.9 Å². The molecular weight excluding hydrogens is 184 g/mol. The second-order valence-corrected chi connectivity index (χ2v) is 2.65. The molecule has 15 heavy (non-hydrogen) atoms. The van der Waals surface area contributed by atoms with Gasteiger partial charge in [0.15, 0.2) is 0 Å². The van der Waals surface area contributed by atoms with Gasteiger partial charge in [-0.25, -0.2) is 0 Å². The summed E-state index contributed by atoms with van der Waals surface area (Å²) in [6, 6.07) is 12.3. The van der Waals surface area contributed by atoms with Gasteiger partial charge in [-0.1, -0.05) is 38.1 Å². The number of hydrogen-bond acceptors (Lipinski definition) is 2. The van der Waals surface area contributed by atoms with Crippen LogP contribution in [0.5, 0.6) is 0 Å². The summed E-state index contributed by atoms with van der Waals surface area (Å²) in [5.41, 5.74) is 6.65. The van der Waals surface area contributed by atoms with Crippen LogP contribution in [-0.2, 0) is 0 Å². The van der Waals surface area contributed by atoms with Crippen molar-refractivity contribution in [3.05, 3.63) is 42.1 Å². The minimum atomic E-state index is 1.07. The van der Waals surface area contributed by atoms with Gasteiger partial charge in [0.2, 0.25) is 0 Å². The number of fused-ring (bicyclic) bond motifs is 1. The van der Waals surface area contributed by atoms with Crippen LogP contribution in [0.4, 0.5) is 0 Å². The monoisotopic (exact) mass is 204 g/mol. The highest BCUT2D eigenvalue weighted by molar-refractivity contribution is 5.78. The minimum absolute atomic E-state index is 1.07. The molecule has 0 spiro atoms. The third-order valence-electron chi connectivity index (χ3n) is 1.74. The number of aromatic nitrogens is 1. The van der Waals surface area contributed by atoms with Crippen molar-refractivity contribution in [1.82, 2.24) is 4.98 Å². The lowest BCUT2D eigenvalue weighted by Gasteiger charge is -1.95. The Labute approximate surface area is 92.1 Å². The molecule has 0 saturated heterocycles. The molecule has 0 radical (unpaired) electrons. The molecule has 2 N–H and O–H groups in total. The number of hydrogen-bond donors (Lipinski definition) is 1. The molecule has 1 aromatic heterocycles. The van der Waals surface area contributed by atoms with Gasteiger partial charge in [0.1, 0.15) is 0 Å². The zero-order valence-corrected chi connectivity index (χ0v) is 9.99. The third-order valence-corrected chi connectivity index (χ3v) is 1.74. The van der Waals surface area contributed by atoms with E-state index in [2.05, 4.69) is 22.9 Å². The predicted octanol–water partition coefficient (Wildman–Crippen LogP) is 3.14. The van der Waals surface area contributed by atoms with Gasteiger partial charge in [0.05, 0.1) is 5.52 Å². The van der Waals surface area contributed by atoms with E-state index in [1.165, 1.54) is 12.4 Å². The van der Waals surface area contributed by atoms with Gasteiger partial charge >= 0.3 is 0 Å². The second kappa shape index (κ2) is 7.94. The van der Waals surface area contributed by atoms with Crippen molar-refractivity contribution in [3.63, 3.8) is 0 Å². The van der Waals surface area contributed by atoms with Crippen molar-refractivity contribution >= 4 is 10.9 Å². The lowest BCUT2D eigenvalue weighted by atomic mass is 10.2. The average molecular weight is 204 g/mol. The Hall–Kier alpha value is -1.41. The number of nitrogens with two attached hydrogens (primary N) is 1. The van der Waals surface area contributed by atoms with E-state index in [9.17, 15) is 0 Å². The first kappa shape index (κ1) is 13.6. The van der Waals surface area contributed by atoms with Crippen molar-refractivity contribution in [2.75, 3.05) is 7.05 Å². The Morgan fingerprint density at radius 1 is 0.933 bits per heavy atom. The van der Waals surface area contributed by atoms with E-state index >= 15 is 0 Å². The van der Waals surface area contributed by atoms with Crippen LogP contribution in [-0.4, -0.2) is 12.0 Å². The summed E-state index contributed by atoms with van der Waals surface area (Å²) >= 11 is 0. The van der Waals surface area contributed by atoms with Crippen molar-refractivity contribution in [3.8, 4) is 0 Å². The molecule has 2 aromatic rings. The Balaban J connectivity index is 0.000000442. The Morgan fingerprint density at radius 2 is 1.53 bits per heavy atom. The molecule has 2 heteroatoms. The maximum Gasteiger partial charge on any atom is 0.0705 e. The number of para-hydroxylation sites is 1. The molecule has 0 unspecified atom stereocenters. The second-order valence-electron chi connectivity index (χ2n) is 2.65. The van der Waals surface area contributed by atoms with E-state index in [0.29, 0.717) is 0 Å². The Morgan fingerprint density at radius 3 is 2.20 bits per heavy atom. The zero-order chi connectivity index (χ0) is 11.7. The summed E-state index contributed by atoms with van der Waals surface area (Å²) in [5, 5.41) is 1.21. The predicted molar refractivity (Wildman–Crippen MR) is 67.9 cm³/mol. The van der Waals surface area contributed by atoms with E-state index in [-0.39, 0.29) is 0 Å². The van der Waals surface area contributed by atoms with Crippen molar-refractivity contribution in [2.45, 2.75) is 20.8 Å². The van der Waals surface area contributed by atoms with E-state index in [1.807, 2.05) is 45.0 Å². The molecule has 0 bridgehead atoms. The van der Waals surface area contributed by atoms with Crippen LogP contribution in [0.15, 0.2) is 36.4 Å². The van der Waals surface area contributed by atoms with Crippen LogP contribution in [0.1, 0.15) is 19.5 Å². The highest BCUT2D eigenvalue weighted by Gasteiger charge is 1.90. The molecule has 0 atom stereocenters. The quantitative estimate of drug-likeness (QED) is 0.716. The number of benzene rings is 1. The SMILES string of the molecule is CC.CN.Cc1ccc2ccccc2n1. The van der Waals surface area contributed by atoms with Crippen molar-refractivity contribution in [1.29, 1.82) is 0 Å². The summed E-state index contributed by atoms with van der Waals surface area (Å²) in [6.07, 6.45) is 0. The number of rotatable bonds is 0. The number of pyridine rings is 1. The fraction of sp³-hybridized carbons (Fsp3) is 0.308. The molecule has 82 valence electrons. The van der Waals surface area contributed by atoms with Gasteiger partial charge < -0.3 is 5.73 Å². The molecule has 2 rings (SSSR count). The van der Waals surface area contributed by atoms with Gasteiger partial charge in [0, 0.05) is 11.1 Å². The van der Waals surface area contributed by atoms with Gasteiger partial charge in [-0.15, -0.1) is 0 Å². The zero-order valence-electron chi connectivity index (χ0n) is 9.99. The Bertz CT molecular complexity index is 383. The van der Waals surface area contributed by atoms with Crippen molar-refractivity contribution in [2.24, 2.45) is 5.73 Å². The molecule has 0 fully saturated rings. The fourth-order valence-electron chi connectivity index (χ4n) is 1.17. The summed E-state index contributed by atoms with van der Waals surface area (Å²) in [5.74, 6) is 0. The third kappa shape index (κ3) is 4.09. The highest BCUT2D eigenvalue weighted by atomic mass is 14.7. The molecule has 0 aliphatic rings. The molecule has 0 aliphatic heterocycles. The summed E-state index contributed by atoms with van der Waals surface area (Å²) < 4.78 is 0. The van der Waals surface area contributed by atoms with Crippen LogP contribution in [0, 0.1) is 6.92 Å². The lowest BCUT2D eigenvalue weighted by Crippen LogP contribution is -1.80. The van der Waals surface area contributed by atoms with E-state index in [1.54, 1.807) is 0 Å². The van der Waals surface area contributed by atoms with E-state index in [0.717, 1.165) is 11.2 Å². The fourth-order valence-corrected chi connectivity index (χ4v) is 1.17. The van der Waals surface area contributed by atoms with Crippen LogP contribution >= 0.6 is 0 Å². The topological polar surface area (TPSA) is 38.9 Å². The maximum atomic E-state index is 4.50. The average Bonchev–Trinajstić information content (AvgIpc) is 2.34. The first-order valence-corrected chi connectivity index (χ1v) is 5.26. The van der Waals surface area contributed by atoms with Crippen LogP contribution in [0.2, 0.25) is 0 Å². The first-order valence-electron chi connectivity index (χ1n) is 5.26.